The highest BCUT2D eigenvalue weighted by molar-refractivity contribution is 9.10. The number of ether oxygens (including phenoxy) is 1. The van der Waals surface area contributed by atoms with Gasteiger partial charge in [-0.3, -0.25) is 19.4 Å². The van der Waals surface area contributed by atoms with Crippen LogP contribution in [0.25, 0.3) is 6.08 Å². The number of aromatic hydroxyl groups is 1. The first-order valence-electron chi connectivity index (χ1n) is 16.6. The third kappa shape index (κ3) is 7.66. The monoisotopic (exact) mass is 694 g/mol. The first kappa shape index (κ1) is 34.5. The zero-order chi connectivity index (χ0) is 32.8. The van der Waals surface area contributed by atoms with Gasteiger partial charge in [0.05, 0.1) is 31.2 Å². The summed E-state index contributed by atoms with van der Waals surface area (Å²) in [4.78, 5) is 31.8. The molecule has 8 nitrogen and oxygen atoms in total. The van der Waals surface area contributed by atoms with Gasteiger partial charge in [-0.05, 0) is 73.4 Å². The number of carbonyl (C=O) groups excluding carboxylic acids is 2. The second-order valence-corrected chi connectivity index (χ2v) is 13.9. The van der Waals surface area contributed by atoms with Gasteiger partial charge >= 0.3 is 0 Å². The fourth-order valence-corrected chi connectivity index (χ4v) is 8.14. The van der Waals surface area contributed by atoms with Crippen LogP contribution in [0.4, 0.5) is 0 Å². The van der Waals surface area contributed by atoms with Crippen LogP contribution in [-0.4, -0.2) is 82.5 Å². The Kier molecular flexibility index (Phi) is 11.9. The van der Waals surface area contributed by atoms with Crippen LogP contribution in [-0.2, 0) is 20.9 Å². The molecule has 9 heteroatoms. The molecule has 0 bridgehead atoms. The Hall–Kier alpha value is -2.82. The number of likely N-dealkylation sites (tertiary alicyclic amines) is 2. The number of nitrogens with zero attached hydrogens (tertiary/aromatic N) is 2. The lowest BCUT2D eigenvalue weighted by Crippen LogP contribution is -2.47. The van der Waals surface area contributed by atoms with Crippen LogP contribution in [0, 0.1) is 17.8 Å². The number of imide groups is 1. The molecule has 0 aromatic heterocycles. The molecule has 46 heavy (non-hydrogen) atoms. The van der Waals surface area contributed by atoms with Crippen molar-refractivity contribution in [1.29, 1.82) is 0 Å². The average Bonchev–Trinajstić information content (AvgIpc) is 3.30. The van der Waals surface area contributed by atoms with Crippen molar-refractivity contribution in [3.8, 4) is 5.75 Å². The van der Waals surface area contributed by atoms with E-state index in [-0.39, 0.29) is 36.8 Å². The number of piperidine rings is 1. The lowest BCUT2D eigenvalue weighted by molar-refractivity contribution is -0.144. The second kappa shape index (κ2) is 15.8. The van der Waals surface area contributed by atoms with Crippen LogP contribution < -0.4 is 0 Å². The van der Waals surface area contributed by atoms with E-state index in [0.29, 0.717) is 30.4 Å². The summed E-state index contributed by atoms with van der Waals surface area (Å²) in [7, 11) is 1.58. The smallest absolute Gasteiger partial charge is 0.234 e. The number of carbonyl (C=O) groups is 2. The van der Waals surface area contributed by atoms with Gasteiger partial charge < -0.3 is 20.1 Å². The second-order valence-electron chi connectivity index (χ2n) is 13.0. The van der Waals surface area contributed by atoms with Crippen molar-refractivity contribution in [1.82, 2.24) is 9.80 Å². The number of amides is 2. The van der Waals surface area contributed by atoms with Gasteiger partial charge in [-0.15, -0.1) is 0 Å². The predicted octanol–water partition coefficient (Wildman–Crippen LogP) is 5.70. The minimum Gasteiger partial charge on any atom is -0.507 e. The summed E-state index contributed by atoms with van der Waals surface area (Å²) in [6.07, 6.45) is 5.56. The number of hydrogen-bond acceptors (Lipinski definition) is 7. The minimum absolute atomic E-state index is 0.154. The molecule has 2 aromatic carbocycles. The summed E-state index contributed by atoms with van der Waals surface area (Å²) in [5.41, 5.74) is 4.50. The SMILES string of the molecule is CCC/C(=C\c1cc(Br)ccc1O)CC[C@@H](O)C1=C(COC)C[C@H]2C(=O)N(C3CCN(Cc4ccccc4)CC3)C(=O)[C@H]2[C@H]1CO. The Labute approximate surface area is 280 Å². The number of fused-ring (bicyclic) bond motifs is 1. The van der Waals surface area contributed by atoms with Gasteiger partial charge in [0.2, 0.25) is 11.8 Å². The average molecular weight is 696 g/mol. The maximum atomic E-state index is 14.0. The van der Waals surface area contributed by atoms with Gasteiger partial charge in [0.15, 0.2) is 0 Å². The van der Waals surface area contributed by atoms with Gasteiger partial charge in [-0.1, -0.05) is 71.3 Å². The number of phenols is 1. The van der Waals surface area contributed by atoms with Crippen molar-refractivity contribution in [3.05, 3.63) is 80.8 Å². The molecule has 3 N–H and O–H groups in total. The fraction of sp³-hybridized carbons (Fsp3) is 0.514. The predicted molar refractivity (Wildman–Crippen MR) is 182 cm³/mol. The van der Waals surface area contributed by atoms with Crippen LogP contribution >= 0.6 is 15.9 Å². The number of phenolic OH excluding ortho intramolecular Hbond substituents is 1. The van der Waals surface area contributed by atoms with E-state index >= 15 is 0 Å². The number of allylic oxidation sites excluding steroid dienone is 1. The first-order chi connectivity index (χ1) is 22.2. The Morgan fingerprint density at radius 1 is 1.09 bits per heavy atom. The molecule has 5 rings (SSSR count). The molecule has 0 saturated carbocycles. The molecule has 248 valence electrons. The van der Waals surface area contributed by atoms with Crippen LogP contribution in [0.2, 0.25) is 0 Å². The lowest BCUT2D eigenvalue weighted by atomic mass is 9.68. The number of halogens is 1. The Morgan fingerprint density at radius 2 is 1.83 bits per heavy atom. The largest absolute Gasteiger partial charge is 0.507 e. The summed E-state index contributed by atoms with van der Waals surface area (Å²) >= 11 is 3.47. The van der Waals surface area contributed by atoms with E-state index in [1.807, 2.05) is 30.3 Å². The van der Waals surface area contributed by atoms with Crippen molar-refractivity contribution >= 4 is 33.8 Å². The topological polar surface area (TPSA) is 111 Å². The third-order valence-electron chi connectivity index (χ3n) is 9.92. The first-order valence-corrected chi connectivity index (χ1v) is 17.4. The molecule has 0 unspecified atom stereocenters. The highest BCUT2D eigenvalue weighted by atomic mass is 79.9. The lowest BCUT2D eigenvalue weighted by Gasteiger charge is -2.37. The van der Waals surface area contributed by atoms with Crippen LogP contribution in [0.5, 0.6) is 5.75 Å². The van der Waals surface area contributed by atoms with E-state index in [9.17, 15) is 24.9 Å². The van der Waals surface area contributed by atoms with E-state index in [2.05, 4.69) is 39.9 Å². The molecule has 3 aliphatic rings. The molecular weight excluding hydrogens is 648 g/mol. The molecule has 0 spiro atoms. The molecule has 2 fully saturated rings. The number of benzene rings is 2. The van der Waals surface area contributed by atoms with E-state index < -0.39 is 23.9 Å². The normalized spacial score (nSPS) is 23.7. The number of hydrogen-bond donors (Lipinski definition) is 3. The summed E-state index contributed by atoms with van der Waals surface area (Å²) in [6.45, 7) is 4.45. The molecule has 0 radical (unpaired) electrons. The van der Waals surface area contributed by atoms with E-state index in [0.717, 1.165) is 60.9 Å². The molecule has 2 aromatic rings. The standard InChI is InChI=1S/C37H47BrN2O6/c1-3-7-24(18-26-19-28(38)11-13-32(26)42)10-12-33(43)34-27(23-46-2)20-30-35(31(34)22-41)37(45)40(36(30)44)29-14-16-39(17-15-29)21-25-8-5-4-6-9-25/h4-6,8-9,11,13,18-19,29-31,33,35,41-43H,3,7,10,12,14-17,20-23H2,1-2H3/b24-18+/t30-,31+,33-,35-/m1/s1. The maximum absolute atomic E-state index is 14.0. The van der Waals surface area contributed by atoms with E-state index in [1.165, 1.54) is 10.5 Å². The van der Waals surface area contributed by atoms with Crippen molar-refractivity contribution in [2.75, 3.05) is 33.4 Å². The Bertz CT molecular complexity index is 1430. The number of rotatable bonds is 13. The maximum Gasteiger partial charge on any atom is 0.234 e. The molecule has 4 atom stereocenters. The summed E-state index contributed by atoms with van der Waals surface area (Å²) in [5.74, 6) is -2.06. The highest BCUT2D eigenvalue weighted by Crippen LogP contribution is 2.47. The Morgan fingerprint density at radius 3 is 2.50 bits per heavy atom. The number of aliphatic hydroxyl groups excluding tert-OH is 2. The van der Waals surface area contributed by atoms with E-state index in [1.54, 1.807) is 19.2 Å². The molecule has 2 amide bonds. The van der Waals surface area contributed by atoms with Crippen molar-refractivity contribution in [2.45, 2.75) is 70.6 Å². The van der Waals surface area contributed by atoms with Gasteiger partial charge in [0.1, 0.15) is 5.75 Å². The zero-order valence-corrected chi connectivity index (χ0v) is 28.5. The van der Waals surface area contributed by atoms with Crippen molar-refractivity contribution < 1.29 is 29.6 Å². The third-order valence-corrected chi connectivity index (χ3v) is 10.4. The summed E-state index contributed by atoms with van der Waals surface area (Å²) < 4.78 is 6.39. The molecule has 1 aliphatic carbocycles. The molecule has 2 aliphatic heterocycles. The molecule has 2 heterocycles. The van der Waals surface area contributed by atoms with Gasteiger partial charge in [0.25, 0.3) is 0 Å². The quantitative estimate of drug-likeness (QED) is 0.182. The summed E-state index contributed by atoms with van der Waals surface area (Å²) in [5, 5.41) is 32.8. The van der Waals surface area contributed by atoms with Gasteiger partial charge in [-0.25, -0.2) is 0 Å². The van der Waals surface area contributed by atoms with Crippen molar-refractivity contribution in [3.63, 3.8) is 0 Å². The van der Waals surface area contributed by atoms with Crippen LogP contribution in [0.3, 0.4) is 0 Å². The fourth-order valence-electron chi connectivity index (χ4n) is 7.76. The summed E-state index contributed by atoms with van der Waals surface area (Å²) in [6, 6.07) is 15.5. The molecular formula is C37H47BrN2O6. The van der Waals surface area contributed by atoms with Crippen LogP contribution in [0.15, 0.2) is 69.7 Å². The minimum atomic E-state index is -0.905. The Balaban J connectivity index is 1.31. The number of methoxy groups -OCH3 is 1. The molecule has 2 saturated heterocycles. The zero-order valence-electron chi connectivity index (χ0n) is 26.9. The number of aliphatic hydroxyl groups is 2. The van der Waals surface area contributed by atoms with Crippen LogP contribution in [0.1, 0.15) is 63.0 Å². The van der Waals surface area contributed by atoms with Crippen molar-refractivity contribution in [2.24, 2.45) is 17.8 Å². The van der Waals surface area contributed by atoms with E-state index in [4.69, 9.17) is 4.74 Å². The van der Waals surface area contributed by atoms with Gasteiger partial charge in [0, 0.05) is 48.7 Å². The van der Waals surface area contributed by atoms with Gasteiger partial charge in [-0.2, -0.15) is 0 Å². The highest BCUT2D eigenvalue weighted by Gasteiger charge is 2.56.